The Balaban J connectivity index is 1.83. The summed E-state index contributed by atoms with van der Waals surface area (Å²) in [5.41, 5.74) is 3.15. The number of hydrogen-bond donors (Lipinski definition) is 0. The van der Waals surface area contributed by atoms with Crippen molar-refractivity contribution >= 4 is 34.5 Å². The highest BCUT2D eigenvalue weighted by Gasteiger charge is 2.36. The zero-order valence-electron chi connectivity index (χ0n) is 19.1. The van der Waals surface area contributed by atoms with Crippen LogP contribution in [-0.4, -0.2) is 29.6 Å². The molecular formula is C26H23N3O4S. The summed E-state index contributed by atoms with van der Waals surface area (Å²) in [6.07, 6.45) is 0. The Morgan fingerprint density at radius 2 is 1.76 bits per heavy atom. The van der Waals surface area contributed by atoms with Crippen LogP contribution in [-0.2, 0) is 14.3 Å². The van der Waals surface area contributed by atoms with Crippen molar-refractivity contribution in [1.29, 1.82) is 0 Å². The number of aromatic nitrogens is 1. The van der Waals surface area contributed by atoms with Gasteiger partial charge in [-0.15, -0.1) is 0 Å². The van der Waals surface area contributed by atoms with Crippen LogP contribution in [0.25, 0.3) is 5.57 Å². The first-order valence-electron chi connectivity index (χ1n) is 11.2. The maximum Gasteiger partial charge on any atom is 0.338 e. The Kier molecular flexibility index (Phi) is 5.53. The van der Waals surface area contributed by atoms with Gasteiger partial charge in [-0.25, -0.2) is 9.79 Å². The van der Waals surface area contributed by atoms with Crippen LogP contribution in [0.15, 0.2) is 75.7 Å². The van der Waals surface area contributed by atoms with E-state index in [-0.39, 0.29) is 18.1 Å². The van der Waals surface area contributed by atoms with Crippen LogP contribution in [0, 0.1) is 0 Å². The van der Waals surface area contributed by atoms with Gasteiger partial charge in [0.15, 0.2) is 4.80 Å². The molecule has 34 heavy (non-hydrogen) atoms. The van der Waals surface area contributed by atoms with Crippen LogP contribution in [0.5, 0.6) is 0 Å². The molecule has 1 atom stereocenters. The molecule has 1 aromatic heterocycles. The van der Waals surface area contributed by atoms with Crippen molar-refractivity contribution in [2.75, 3.05) is 18.1 Å². The summed E-state index contributed by atoms with van der Waals surface area (Å²) in [7, 11) is 0. The topological polar surface area (TPSA) is 81.0 Å². The molecule has 172 valence electrons. The largest absolute Gasteiger partial charge is 0.463 e. The number of para-hydroxylation sites is 1. The fraction of sp³-hybridized carbons (Fsp3) is 0.231. The van der Waals surface area contributed by atoms with E-state index in [1.165, 1.54) is 15.9 Å². The number of carbonyl (C=O) groups is 2. The number of rotatable bonds is 4. The number of nitrogens with zero attached hydrogens (tertiary/aromatic N) is 3. The maximum absolute atomic E-state index is 13.9. The molecule has 2 aromatic carbocycles. The molecule has 3 heterocycles. The Morgan fingerprint density at radius 3 is 2.47 bits per heavy atom. The first-order valence-corrected chi connectivity index (χ1v) is 12.0. The second-order valence-electron chi connectivity index (χ2n) is 7.98. The monoisotopic (exact) mass is 473 g/mol. The summed E-state index contributed by atoms with van der Waals surface area (Å²) in [4.78, 5) is 47.0. The Hall–Kier alpha value is -3.78. The molecule has 0 bridgehead atoms. The van der Waals surface area contributed by atoms with E-state index in [2.05, 4.69) is 4.99 Å². The third-order valence-corrected chi connectivity index (χ3v) is 7.13. The molecule has 0 unspecified atom stereocenters. The van der Waals surface area contributed by atoms with E-state index in [1.807, 2.05) is 61.5 Å². The van der Waals surface area contributed by atoms with Gasteiger partial charge in [-0.05, 0) is 32.4 Å². The molecule has 0 fully saturated rings. The van der Waals surface area contributed by atoms with Crippen LogP contribution >= 0.6 is 11.3 Å². The molecule has 7 nitrogen and oxygen atoms in total. The standard InChI is InChI=1S/C26H23N3O4S/c1-4-28-18-14-10-9-13-17(18)20(23(28)30)22-24(31)29-21(16-11-7-6-8-12-16)19(25(32)33-5-2)15(3)27-26(29)34-22/h6-14,21H,4-5H2,1-3H3/b22-20-/t21-/m0/s1. The average Bonchev–Trinajstić information content (AvgIpc) is 3.30. The lowest BCUT2D eigenvalue weighted by Crippen LogP contribution is -2.41. The number of ether oxygens (including phenoxy) is 1. The number of allylic oxidation sites excluding steroid dienone is 1. The van der Waals surface area contributed by atoms with E-state index in [0.29, 0.717) is 32.7 Å². The number of esters is 1. The highest BCUT2D eigenvalue weighted by Crippen LogP contribution is 2.35. The lowest BCUT2D eigenvalue weighted by Gasteiger charge is -2.24. The summed E-state index contributed by atoms with van der Waals surface area (Å²) in [6.45, 7) is 6.10. The molecule has 2 aliphatic heterocycles. The van der Waals surface area contributed by atoms with Gasteiger partial charge in [0.25, 0.3) is 11.5 Å². The number of thiazole rings is 1. The average molecular weight is 474 g/mol. The van der Waals surface area contributed by atoms with Crippen LogP contribution in [0.1, 0.15) is 37.9 Å². The van der Waals surface area contributed by atoms with Crippen molar-refractivity contribution in [2.45, 2.75) is 26.8 Å². The molecule has 2 aliphatic rings. The highest BCUT2D eigenvalue weighted by molar-refractivity contribution is 7.07. The van der Waals surface area contributed by atoms with E-state index in [9.17, 15) is 14.4 Å². The Morgan fingerprint density at radius 1 is 1.06 bits per heavy atom. The van der Waals surface area contributed by atoms with Crippen molar-refractivity contribution in [3.05, 3.63) is 96.7 Å². The summed E-state index contributed by atoms with van der Waals surface area (Å²) < 4.78 is 7.17. The normalized spacial score (nSPS) is 18.5. The van der Waals surface area contributed by atoms with Gasteiger partial charge in [0.2, 0.25) is 0 Å². The predicted molar refractivity (Wildman–Crippen MR) is 130 cm³/mol. The Bertz CT molecular complexity index is 1530. The summed E-state index contributed by atoms with van der Waals surface area (Å²) in [5, 5.41) is 0. The van der Waals surface area contributed by atoms with Crippen LogP contribution in [0.2, 0.25) is 0 Å². The minimum atomic E-state index is -0.695. The number of carbonyl (C=O) groups excluding carboxylic acids is 2. The van der Waals surface area contributed by atoms with Gasteiger partial charge in [-0.1, -0.05) is 59.9 Å². The first kappa shape index (κ1) is 22.0. The third-order valence-electron chi connectivity index (χ3n) is 6.07. The molecule has 0 radical (unpaired) electrons. The number of anilines is 1. The van der Waals surface area contributed by atoms with E-state index in [0.717, 1.165) is 16.8 Å². The van der Waals surface area contributed by atoms with Crippen molar-refractivity contribution in [2.24, 2.45) is 4.99 Å². The minimum Gasteiger partial charge on any atom is -0.463 e. The van der Waals surface area contributed by atoms with Crippen molar-refractivity contribution in [1.82, 2.24) is 4.57 Å². The SMILES string of the molecule is CCOC(=O)C1=C(C)N=c2s/c(=C3\C(=O)N(CC)c4ccccc43)c(=O)n2[C@H]1c1ccccc1. The van der Waals surface area contributed by atoms with Gasteiger partial charge in [0.1, 0.15) is 4.53 Å². The molecule has 3 aromatic rings. The molecule has 8 heteroatoms. The number of likely N-dealkylation sites (N-methyl/N-ethyl adjacent to an activating group) is 1. The highest BCUT2D eigenvalue weighted by atomic mass is 32.1. The fourth-order valence-electron chi connectivity index (χ4n) is 4.61. The van der Waals surface area contributed by atoms with Gasteiger partial charge >= 0.3 is 5.97 Å². The fourth-order valence-corrected chi connectivity index (χ4v) is 5.74. The first-order chi connectivity index (χ1) is 16.5. The van der Waals surface area contributed by atoms with Gasteiger partial charge < -0.3 is 9.64 Å². The number of amides is 1. The molecule has 0 spiro atoms. The van der Waals surface area contributed by atoms with Crippen molar-refractivity contribution < 1.29 is 14.3 Å². The summed E-state index contributed by atoms with van der Waals surface area (Å²) >= 11 is 1.18. The van der Waals surface area contributed by atoms with Crippen LogP contribution in [0.4, 0.5) is 5.69 Å². The molecule has 0 saturated heterocycles. The third kappa shape index (κ3) is 3.25. The molecule has 0 N–H and O–H groups in total. The quantitative estimate of drug-likeness (QED) is 0.546. The second kappa shape index (κ2) is 8.53. The molecule has 5 rings (SSSR count). The molecule has 1 amide bonds. The van der Waals surface area contributed by atoms with E-state index in [1.54, 1.807) is 18.7 Å². The summed E-state index contributed by atoms with van der Waals surface area (Å²) in [5.74, 6) is -0.707. The smallest absolute Gasteiger partial charge is 0.338 e. The van der Waals surface area contributed by atoms with Gasteiger partial charge in [-0.3, -0.25) is 14.2 Å². The molecule has 0 saturated carbocycles. The Labute approximate surface area is 199 Å². The van der Waals surface area contributed by atoms with E-state index in [4.69, 9.17) is 4.74 Å². The zero-order valence-corrected chi connectivity index (χ0v) is 19.9. The van der Waals surface area contributed by atoms with E-state index < -0.39 is 12.0 Å². The molecule has 0 aliphatic carbocycles. The predicted octanol–water partition coefficient (Wildman–Crippen LogP) is 2.54. The second-order valence-corrected chi connectivity index (χ2v) is 8.95. The van der Waals surface area contributed by atoms with Gasteiger partial charge in [0, 0.05) is 12.1 Å². The van der Waals surface area contributed by atoms with Crippen LogP contribution < -0.4 is 19.8 Å². The molecular weight excluding hydrogens is 450 g/mol. The van der Waals surface area contributed by atoms with Gasteiger partial charge in [-0.2, -0.15) is 0 Å². The lowest BCUT2D eigenvalue weighted by atomic mass is 9.96. The summed E-state index contributed by atoms with van der Waals surface area (Å²) in [6, 6.07) is 16.1. The number of benzene rings is 2. The van der Waals surface area contributed by atoms with E-state index >= 15 is 0 Å². The number of fused-ring (bicyclic) bond motifs is 2. The van der Waals surface area contributed by atoms with Crippen LogP contribution in [0.3, 0.4) is 0 Å². The zero-order chi connectivity index (χ0) is 24.0. The van der Waals surface area contributed by atoms with Gasteiger partial charge in [0.05, 0.1) is 35.2 Å². The van der Waals surface area contributed by atoms with Crippen molar-refractivity contribution in [3.8, 4) is 0 Å². The lowest BCUT2D eigenvalue weighted by molar-refractivity contribution is -0.139. The number of hydrogen-bond acceptors (Lipinski definition) is 6. The van der Waals surface area contributed by atoms with Crippen molar-refractivity contribution in [3.63, 3.8) is 0 Å². The maximum atomic E-state index is 13.9. The minimum absolute atomic E-state index is 0.202.